The van der Waals surface area contributed by atoms with Crippen LogP contribution in [-0.2, 0) is 105 Å². The van der Waals surface area contributed by atoms with E-state index in [0.717, 1.165) is 118 Å². The molecule has 7 aliphatic rings. The molecule has 7 rings (SSSR count). The van der Waals surface area contributed by atoms with Gasteiger partial charge >= 0.3 is 17.9 Å². The first-order valence-corrected chi connectivity index (χ1v) is 52.1. The Bertz CT molecular complexity index is 3940. The second kappa shape index (κ2) is 63.6. The maximum absolute atomic E-state index is 14.3. The molecular formula is C96H169N5O48. The average Bonchev–Trinajstić information content (AvgIpc) is 0.741. The average molecular weight is 2160 g/mol. The predicted octanol–water partition coefficient (Wildman–Crippen LogP) is -7.25. The van der Waals surface area contributed by atoms with E-state index in [0.29, 0.717) is 18.8 Å². The number of carboxylic acids is 3. The molecule has 0 radical (unpaired) electrons. The van der Waals surface area contributed by atoms with Crippen molar-refractivity contribution in [1.82, 2.24) is 26.6 Å². The van der Waals surface area contributed by atoms with E-state index in [1.165, 1.54) is 64.2 Å². The van der Waals surface area contributed by atoms with Crippen LogP contribution in [0.1, 0.15) is 248 Å². The molecule has 7 heterocycles. The van der Waals surface area contributed by atoms with E-state index < -0.39 is 369 Å². The van der Waals surface area contributed by atoms with E-state index in [9.17, 15) is 171 Å². The van der Waals surface area contributed by atoms with Gasteiger partial charge in [0.1, 0.15) is 159 Å². The zero-order valence-corrected chi connectivity index (χ0v) is 85.7. The number of carbonyl (C=O) groups is 8. The number of ether oxygens (including phenoxy) is 14. The third kappa shape index (κ3) is 36.7. The quantitative estimate of drug-likeness (QED) is 0.0252. The molecule has 0 aliphatic carbocycles. The Morgan fingerprint density at radius 3 is 1.11 bits per heavy atom. The smallest absolute Gasteiger partial charge is 0.364 e. The summed E-state index contributed by atoms with van der Waals surface area (Å²) < 4.78 is 83.6. The fourth-order valence-electron chi connectivity index (χ4n) is 19.9. The third-order valence-corrected chi connectivity index (χ3v) is 28.2. The summed E-state index contributed by atoms with van der Waals surface area (Å²) in [6.07, 6.45) is -53.6. The van der Waals surface area contributed by atoms with Gasteiger partial charge in [-0.2, -0.15) is 0 Å². The predicted molar refractivity (Wildman–Crippen MR) is 507 cm³/mol. The lowest BCUT2D eigenvalue weighted by Crippen LogP contribution is -2.73. The van der Waals surface area contributed by atoms with E-state index >= 15 is 0 Å². The van der Waals surface area contributed by atoms with E-state index in [1.54, 1.807) is 0 Å². The minimum absolute atomic E-state index is 0.0436. The molecule has 0 aromatic carbocycles. The molecule has 7 fully saturated rings. The zero-order chi connectivity index (χ0) is 111. The van der Waals surface area contributed by atoms with Crippen molar-refractivity contribution in [3.63, 3.8) is 0 Å². The number of hydrogen-bond donors (Lipinski definition) is 31. The maximum Gasteiger partial charge on any atom is 0.364 e. The van der Waals surface area contributed by atoms with Crippen LogP contribution in [0.25, 0.3) is 0 Å². The fraction of sp³-hybridized carbons (Fsp3) is 0.917. The normalized spacial score (nSPS) is 35.4. The van der Waals surface area contributed by atoms with Gasteiger partial charge in [0.05, 0.1) is 101 Å². The summed E-state index contributed by atoms with van der Waals surface area (Å²) in [5, 5.41) is 309. The third-order valence-electron chi connectivity index (χ3n) is 28.2. The molecule has 5 amide bonds. The topological polar surface area (TPSA) is 852 Å². The highest BCUT2D eigenvalue weighted by Crippen LogP contribution is 2.46. The molecule has 866 valence electrons. The van der Waals surface area contributed by atoms with Crippen LogP contribution in [0.2, 0.25) is 0 Å². The zero-order valence-electron chi connectivity index (χ0n) is 85.7. The fourth-order valence-corrected chi connectivity index (χ4v) is 19.9. The summed E-state index contributed by atoms with van der Waals surface area (Å²) in [7, 11) is 0. The van der Waals surface area contributed by atoms with Crippen LogP contribution in [0.15, 0.2) is 0 Å². The van der Waals surface area contributed by atoms with Gasteiger partial charge < -0.3 is 226 Å². The number of aliphatic hydroxyl groups is 23. The number of nitrogens with one attached hydrogen (secondary N) is 5. The number of unbranched alkanes of at least 4 members (excludes halogenated alkanes) is 23. The van der Waals surface area contributed by atoms with Crippen LogP contribution in [-0.4, -0.2) is 483 Å². The Labute approximate surface area is 864 Å². The molecule has 53 nitrogen and oxygen atoms in total. The van der Waals surface area contributed by atoms with Crippen molar-refractivity contribution in [1.29, 1.82) is 0 Å². The van der Waals surface area contributed by atoms with Crippen molar-refractivity contribution in [3.8, 4) is 0 Å². The van der Waals surface area contributed by atoms with Crippen molar-refractivity contribution in [2.45, 2.75) is 497 Å². The van der Waals surface area contributed by atoms with Crippen molar-refractivity contribution in [2.24, 2.45) is 5.92 Å². The van der Waals surface area contributed by atoms with Crippen LogP contribution >= 0.6 is 0 Å². The van der Waals surface area contributed by atoms with Crippen molar-refractivity contribution >= 4 is 47.4 Å². The van der Waals surface area contributed by atoms with Crippen LogP contribution < -0.4 is 26.6 Å². The van der Waals surface area contributed by atoms with Gasteiger partial charge in [-0.15, -0.1) is 0 Å². The molecule has 0 aromatic rings. The summed E-state index contributed by atoms with van der Waals surface area (Å²) >= 11 is 0. The number of aliphatic carboxylic acids is 3. The maximum atomic E-state index is 14.3. The molecule has 41 unspecified atom stereocenters. The van der Waals surface area contributed by atoms with Gasteiger partial charge in [-0.05, 0) is 18.8 Å². The van der Waals surface area contributed by atoms with Gasteiger partial charge in [-0.1, -0.05) is 181 Å². The monoisotopic (exact) mass is 2160 g/mol. The summed E-state index contributed by atoms with van der Waals surface area (Å²) in [6.45, 7) is -0.125. The summed E-state index contributed by atoms with van der Waals surface area (Å²) in [5.74, 6) is -22.1. The molecular weight excluding hydrogens is 1990 g/mol. The first-order valence-electron chi connectivity index (χ1n) is 52.1. The van der Waals surface area contributed by atoms with Crippen LogP contribution in [0, 0.1) is 5.92 Å². The lowest BCUT2D eigenvalue weighted by molar-refractivity contribution is -0.404. The van der Waals surface area contributed by atoms with E-state index in [-0.39, 0.29) is 12.8 Å². The summed E-state index contributed by atoms with van der Waals surface area (Å²) in [5.41, 5.74) is 0. The minimum Gasteiger partial charge on any atom is -0.477 e. The van der Waals surface area contributed by atoms with E-state index in [1.807, 2.05) is 0 Å². The number of rotatable bonds is 67. The van der Waals surface area contributed by atoms with Crippen LogP contribution in [0.5, 0.6) is 0 Å². The Morgan fingerprint density at radius 1 is 0.356 bits per heavy atom. The molecule has 7 aliphatic heterocycles. The van der Waals surface area contributed by atoms with Gasteiger partial charge in [0.2, 0.25) is 29.5 Å². The first-order chi connectivity index (χ1) is 70.6. The lowest BCUT2D eigenvalue weighted by atomic mass is 9.87. The lowest BCUT2D eigenvalue weighted by Gasteiger charge is -2.53. The van der Waals surface area contributed by atoms with Gasteiger partial charge in [0, 0.05) is 53.4 Å². The number of carboxylic acid groups (broad SMARTS) is 3. The Hall–Kier alpha value is -5.72. The Morgan fingerprint density at radius 2 is 0.705 bits per heavy atom. The summed E-state index contributed by atoms with van der Waals surface area (Å²) in [6, 6.07) is -9.64. The molecule has 53 heteroatoms. The van der Waals surface area contributed by atoms with Crippen molar-refractivity contribution in [2.75, 3.05) is 52.9 Å². The van der Waals surface area contributed by atoms with Crippen molar-refractivity contribution < 1.29 is 237 Å². The summed E-state index contributed by atoms with van der Waals surface area (Å²) in [4.78, 5) is 108. The van der Waals surface area contributed by atoms with Gasteiger partial charge in [-0.25, -0.2) is 14.4 Å². The molecule has 149 heavy (non-hydrogen) atoms. The molecule has 31 N–H and O–H groups in total. The molecule has 0 bridgehead atoms. The first kappa shape index (κ1) is 130. The highest BCUT2D eigenvalue weighted by molar-refractivity contribution is 5.79. The standard InChI is InChI=1S/C96H169N5O48/c1-8-9-10-11-12-13-14-15-16-17-18-19-20-21-26-29-32-35-64(119)101-52(69(120)53(113)34-31-28-25-23-22-24-27-30-33-47(2)3)46-136-88-76(127)75(126)79(62(44-107)140-88)142-90-77(128)85(74(125)61(43-106)139-90)143-87-68(100-51(7)112)84(73(124)59(41-104)137-87)148-95(92(132)133)37-56(116)67(99-50(6)111)83(147-95)72(123)60(42-105)138-89-78(129)86(149-96(93(134)135)38-55(115)66(98-49(5)110)82(146-96)71(122)58(118)40-103)80(63(45-108)141-89)144-94(91(130)131)36-54(114)65(97-48(4)109)81(145-94)70(121)57(117)39-102/h47,52-63,65-90,102-108,113-118,120-129H,8-46H2,1-7H3,(H,97,109)(H,98,110)(H,99,111)(H,100,112)(H,101,119)(H,130,131)(H,132,133)(H,134,135). The second-order valence-corrected chi connectivity index (χ2v) is 40.5. The molecule has 0 spiro atoms. The van der Waals surface area contributed by atoms with Crippen LogP contribution in [0.3, 0.4) is 0 Å². The minimum atomic E-state index is -3.68. The number of aliphatic hydroxyl groups excluding tert-OH is 23. The highest BCUT2D eigenvalue weighted by atomic mass is 16.8. The van der Waals surface area contributed by atoms with E-state index in [2.05, 4.69) is 47.4 Å². The Balaban J connectivity index is 1.14. The molecule has 7 saturated heterocycles. The van der Waals surface area contributed by atoms with Gasteiger partial charge in [0.25, 0.3) is 17.4 Å². The van der Waals surface area contributed by atoms with E-state index in [4.69, 9.17) is 66.3 Å². The number of amides is 5. The molecule has 41 atom stereocenters. The molecule has 0 saturated carbocycles. The number of hydrogen-bond acceptors (Lipinski definition) is 45. The van der Waals surface area contributed by atoms with Gasteiger partial charge in [0.15, 0.2) is 25.2 Å². The SMILES string of the molecule is CCCCCCCCCCCCCCCCCCCC(=O)NC(COC1OC(CO)C(OC2OC(CO)C(O)C(OC3OC(CO)C(O)C(OC4(C(=O)O)CC(O)C(NC(C)=O)C(C(O)C(CO)OC5OC(CO)C(OC6(C(=O)O)CC(O)C(NC(C)=O)C(C(O)C(O)CO)O6)C(OC6(C(=O)O)CC(O)C(NC(C)=O)C(C(O)C(O)CO)O6)C5O)O4)C3NC(C)=O)C2O)C(O)C1O)C(O)C(O)CCCCCCCCCCC(C)C. The molecule has 0 aromatic heterocycles. The Kier molecular flexibility index (Phi) is 55.6. The largest absolute Gasteiger partial charge is 0.477 e. The van der Waals surface area contributed by atoms with Crippen molar-refractivity contribution in [3.05, 3.63) is 0 Å². The number of carbonyl (C=O) groups excluding carboxylic acids is 5. The second-order valence-electron chi connectivity index (χ2n) is 40.5. The van der Waals surface area contributed by atoms with Gasteiger partial charge in [-0.3, -0.25) is 24.0 Å². The highest BCUT2D eigenvalue weighted by Gasteiger charge is 2.67. The van der Waals surface area contributed by atoms with Crippen LogP contribution in [0.4, 0.5) is 0 Å².